The highest BCUT2D eigenvalue weighted by Crippen LogP contribution is 2.25. The molecule has 0 amide bonds. The predicted octanol–water partition coefficient (Wildman–Crippen LogP) is 3.21. The molecule has 0 radical (unpaired) electrons. The zero-order valence-corrected chi connectivity index (χ0v) is 9.65. The van der Waals surface area contributed by atoms with E-state index in [-0.39, 0.29) is 17.5 Å². The normalized spacial score (nSPS) is 14.9. The van der Waals surface area contributed by atoms with Crippen LogP contribution in [0.3, 0.4) is 0 Å². The molecular weight excluding hydrogens is 215 g/mol. The molecule has 0 aromatic heterocycles. The maximum atomic E-state index is 13.4. The zero-order chi connectivity index (χ0) is 12.3. The SMILES string of the molecule is CNC(C)CC(C)c1ccc(F)c(F)c1F. The van der Waals surface area contributed by atoms with Crippen molar-refractivity contribution in [1.29, 1.82) is 0 Å². The number of rotatable bonds is 4. The molecule has 2 unspecified atom stereocenters. The van der Waals surface area contributed by atoms with Gasteiger partial charge in [-0.05, 0) is 37.9 Å². The van der Waals surface area contributed by atoms with Crippen molar-refractivity contribution >= 4 is 0 Å². The number of hydrogen-bond donors (Lipinski definition) is 1. The lowest BCUT2D eigenvalue weighted by molar-refractivity contribution is 0.428. The fourth-order valence-electron chi connectivity index (χ4n) is 1.70. The van der Waals surface area contributed by atoms with Gasteiger partial charge in [-0.25, -0.2) is 13.2 Å². The minimum atomic E-state index is -1.39. The van der Waals surface area contributed by atoms with Gasteiger partial charge in [-0.15, -0.1) is 0 Å². The van der Waals surface area contributed by atoms with E-state index in [2.05, 4.69) is 5.32 Å². The molecule has 2 atom stereocenters. The molecule has 0 heterocycles. The third kappa shape index (κ3) is 2.76. The van der Waals surface area contributed by atoms with E-state index in [4.69, 9.17) is 0 Å². The van der Waals surface area contributed by atoms with Gasteiger partial charge < -0.3 is 5.32 Å². The minimum Gasteiger partial charge on any atom is -0.317 e. The average molecular weight is 231 g/mol. The van der Waals surface area contributed by atoms with Gasteiger partial charge in [0.05, 0.1) is 0 Å². The van der Waals surface area contributed by atoms with Crippen LogP contribution in [-0.4, -0.2) is 13.1 Å². The van der Waals surface area contributed by atoms with Gasteiger partial charge in [-0.1, -0.05) is 13.0 Å². The molecule has 90 valence electrons. The van der Waals surface area contributed by atoms with Gasteiger partial charge in [0.25, 0.3) is 0 Å². The van der Waals surface area contributed by atoms with E-state index < -0.39 is 17.5 Å². The molecule has 0 saturated heterocycles. The monoisotopic (exact) mass is 231 g/mol. The van der Waals surface area contributed by atoms with Gasteiger partial charge in [-0.2, -0.15) is 0 Å². The van der Waals surface area contributed by atoms with Crippen LogP contribution in [-0.2, 0) is 0 Å². The molecule has 0 saturated carbocycles. The first-order valence-corrected chi connectivity index (χ1v) is 5.28. The summed E-state index contributed by atoms with van der Waals surface area (Å²) in [6.45, 7) is 3.75. The maximum Gasteiger partial charge on any atom is 0.194 e. The summed E-state index contributed by atoms with van der Waals surface area (Å²) in [4.78, 5) is 0. The van der Waals surface area contributed by atoms with Crippen LogP contribution in [0, 0.1) is 17.5 Å². The first-order chi connectivity index (χ1) is 7.47. The fraction of sp³-hybridized carbons (Fsp3) is 0.500. The van der Waals surface area contributed by atoms with E-state index >= 15 is 0 Å². The molecule has 1 rings (SSSR count). The summed E-state index contributed by atoms with van der Waals surface area (Å²) < 4.78 is 39.2. The molecule has 4 heteroatoms. The van der Waals surface area contributed by atoms with Crippen molar-refractivity contribution in [2.45, 2.75) is 32.2 Å². The summed E-state index contributed by atoms with van der Waals surface area (Å²) in [5.74, 6) is -3.76. The first-order valence-electron chi connectivity index (χ1n) is 5.28. The number of hydrogen-bond acceptors (Lipinski definition) is 1. The topological polar surface area (TPSA) is 12.0 Å². The zero-order valence-electron chi connectivity index (χ0n) is 9.65. The van der Waals surface area contributed by atoms with E-state index in [1.807, 2.05) is 6.92 Å². The summed E-state index contributed by atoms with van der Waals surface area (Å²) >= 11 is 0. The van der Waals surface area contributed by atoms with Crippen molar-refractivity contribution in [3.8, 4) is 0 Å². The summed E-state index contributed by atoms with van der Waals surface area (Å²) in [6.07, 6.45) is 0.665. The molecular formula is C12H16F3N. The quantitative estimate of drug-likeness (QED) is 0.785. The van der Waals surface area contributed by atoms with Crippen LogP contribution >= 0.6 is 0 Å². The summed E-state index contributed by atoms with van der Waals surface area (Å²) in [6, 6.07) is 2.47. The van der Waals surface area contributed by atoms with Crippen molar-refractivity contribution < 1.29 is 13.2 Å². The summed E-state index contributed by atoms with van der Waals surface area (Å²) in [5, 5.41) is 3.02. The van der Waals surface area contributed by atoms with Gasteiger partial charge in [0, 0.05) is 6.04 Å². The van der Waals surface area contributed by atoms with Gasteiger partial charge in [0.1, 0.15) is 0 Å². The Morgan fingerprint density at radius 2 is 1.75 bits per heavy atom. The Bertz CT molecular complexity index is 366. The molecule has 0 fully saturated rings. The average Bonchev–Trinajstić information content (AvgIpc) is 2.25. The van der Waals surface area contributed by atoms with Crippen LogP contribution in [0.4, 0.5) is 13.2 Å². The van der Waals surface area contributed by atoms with Gasteiger partial charge in [0.15, 0.2) is 17.5 Å². The highest BCUT2D eigenvalue weighted by Gasteiger charge is 2.18. The second kappa shape index (κ2) is 5.34. The van der Waals surface area contributed by atoms with Crippen molar-refractivity contribution in [1.82, 2.24) is 5.32 Å². The minimum absolute atomic E-state index is 0.155. The Morgan fingerprint density at radius 1 is 1.12 bits per heavy atom. The maximum absolute atomic E-state index is 13.4. The standard InChI is InChI=1S/C12H16F3N/c1-7(6-8(2)16-3)9-4-5-10(13)12(15)11(9)14/h4-5,7-8,16H,6H2,1-3H3. The second-order valence-corrected chi connectivity index (χ2v) is 4.09. The molecule has 1 N–H and O–H groups in total. The molecule has 0 aliphatic rings. The number of nitrogens with one attached hydrogen (secondary N) is 1. The van der Waals surface area contributed by atoms with Crippen molar-refractivity contribution in [3.05, 3.63) is 35.1 Å². The lowest BCUT2D eigenvalue weighted by Crippen LogP contribution is -2.23. The van der Waals surface area contributed by atoms with Crippen LogP contribution in [0.5, 0.6) is 0 Å². The summed E-state index contributed by atoms with van der Waals surface area (Å²) in [5.41, 5.74) is 0.223. The van der Waals surface area contributed by atoms with Gasteiger partial charge >= 0.3 is 0 Å². The highest BCUT2D eigenvalue weighted by atomic mass is 19.2. The van der Waals surface area contributed by atoms with Crippen LogP contribution in [0.2, 0.25) is 0 Å². The fourth-order valence-corrected chi connectivity index (χ4v) is 1.70. The molecule has 0 aliphatic carbocycles. The third-order valence-corrected chi connectivity index (χ3v) is 2.80. The largest absolute Gasteiger partial charge is 0.317 e. The van der Waals surface area contributed by atoms with Gasteiger partial charge in [-0.3, -0.25) is 0 Å². The molecule has 1 aromatic carbocycles. The number of halogens is 3. The van der Waals surface area contributed by atoms with Crippen LogP contribution < -0.4 is 5.32 Å². The Balaban J connectivity index is 2.92. The van der Waals surface area contributed by atoms with Crippen LogP contribution in [0.25, 0.3) is 0 Å². The molecule has 0 spiro atoms. The Kier molecular flexibility index (Phi) is 4.35. The molecule has 0 bridgehead atoms. The molecule has 1 nitrogen and oxygen atoms in total. The molecule has 1 aromatic rings. The predicted molar refractivity (Wildman–Crippen MR) is 57.9 cm³/mol. The Labute approximate surface area is 93.7 Å². The van der Waals surface area contributed by atoms with Crippen molar-refractivity contribution in [3.63, 3.8) is 0 Å². The smallest absolute Gasteiger partial charge is 0.194 e. The Hall–Kier alpha value is -1.03. The highest BCUT2D eigenvalue weighted by molar-refractivity contribution is 5.23. The van der Waals surface area contributed by atoms with E-state index in [1.54, 1.807) is 14.0 Å². The van der Waals surface area contributed by atoms with E-state index in [0.29, 0.717) is 6.42 Å². The lowest BCUT2D eigenvalue weighted by atomic mass is 9.94. The summed E-state index contributed by atoms with van der Waals surface area (Å²) in [7, 11) is 1.80. The molecule has 0 aliphatic heterocycles. The Morgan fingerprint density at radius 3 is 2.31 bits per heavy atom. The van der Waals surface area contributed by atoms with E-state index in [9.17, 15) is 13.2 Å². The van der Waals surface area contributed by atoms with E-state index in [0.717, 1.165) is 6.07 Å². The van der Waals surface area contributed by atoms with Crippen LogP contribution in [0.15, 0.2) is 12.1 Å². The lowest BCUT2D eigenvalue weighted by Gasteiger charge is -2.17. The second-order valence-electron chi connectivity index (χ2n) is 4.09. The first kappa shape index (κ1) is 13.0. The third-order valence-electron chi connectivity index (χ3n) is 2.80. The van der Waals surface area contributed by atoms with Gasteiger partial charge in [0.2, 0.25) is 0 Å². The van der Waals surface area contributed by atoms with Crippen LogP contribution in [0.1, 0.15) is 31.7 Å². The van der Waals surface area contributed by atoms with Crippen molar-refractivity contribution in [2.75, 3.05) is 7.05 Å². The van der Waals surface area contributed by atoms with E-state index in [1.165, 1.54) is 6.07 Å². The molecule has 16 heavy (non-hydrogen) atoms. The van der Waals surface area contributed by atoms with Crippen molar-refractivity contribution in [2.24, 2.45) is 0 Å². The number of benzene rings is 1.